The predicted octanol–water partition coefficient (Wildman–Crippen LogP) is 9.30. The molecule has 286 valence electrons. The molecule has 3 aromatic rings. The van der Waals surface area contributed by atoms with Crippen molar-refractivity contribution in [2.45, 2.75) is 105 Å². The van der Waals surface area contributed by atoms with Crippen LogP contribution in [0.3, 0.4) is 0 Å². The van der Waals surface area contributed by atoms with Gasteiger partial charge in [0, 0.05) is 46.4 Å². The van der Waals surface area contributed by atoms with Crippen LogP contribution in [0.4, 0.5) is 10.7 Å². The van der Waals surface area contributed by atoms with Gasteiger partial charge in [-0.1, -0.05) is 36.4 Å². The molecule has 2 amide bonds. The van der Waals surface area contributed by atoms with E-state index in [0.717, 1.165) is 78.0 Å². The SMILES string of the molecule is CC=C(Nc1ccc(CCc2ccc(C(=O)O)cc2)cc1)c1c(NC(=O)C2=CCCC(CN(C(=O)CCC(C)(C)C(=O)O)C(C)C)=C2)sc2c1CCCC2. The molecule has 1 heterocycles. The number of hydrogen-bond acceptors (Lipinski definition) is 6. The summed E-state index contributed by atoms with van der Waals surface area (Å²) in [5.41, 5.74) is 7.39. The van der Waals surface area contributed by atoms with Crippen molar-refractivity contribution in [1.82, 2.24) is 4.90 Å². The predicted molar refractivity (Wildman–Crippen MR) is 217 cm³/mol. The van der Waals surface area contributed by atoms with E-state index in [1.165, 1.54) is 16.0 Å². The van der Waals surface area contributed by atoms with Crippen LogP contribution in [0.25, 0.3) is 5.70 Å². The zero-order chi connectivity index (χ0) is 39.0. The number of nitrogens with one attached hydrogen (secondary N) is 2. The Bertz CT molecular complexity index is 1950. The highest BCUT2D eigenvalue weighted by molar-refractivity contribution is 7.16. The zero-order valence-electron chi connectivity index (χ0n) is 32.1. The Morgan fingerprint density at radius 1 is 0.907 bits per heavy atom. The lowest BCUT2D eigenvalue weighted by Crippen LogP contribution is -2.39. The van der Waals surface area contributed by atoms with Gasteiger partial charge in [-0.2, -0.15) is 0 Å². The van der Waals surface area contributed by atoms with Crippen molar-refractivity contribution in [3.63, 3.8) is 0 Å². The lowest BCUT2D eigenvalue weighted by Gasteiger charge is -2.30. The molecule has 10 heteroatoms. The number of rotatable bonds is 16. The van der Waals surface area contributed by atoms with Gasteiger partial charge in [-0.25, -0.2) is 4.79 Å². The molecule has 0 saturated carbocycles. The molecule has 2 aliphatic carbocycles. The molecule has 0 unspecified atom stereocenters. The van der Waals surface area contributed by atoms with E-state index in [0.29, 0.717) is 18.5 Å². The Kier molecular flexibility index (Phi) is 13.3. The number of allylic oxidation sites excluding steroid dienone is 2. The topological polar surface area (TPSA) is 136 Å². The summed E-state index contributed by atoms with van der Waals surface area (Å²) in [6, 6.07) is 15.3. The van der Waals surface area contributed by atoms with Crippen LogP contribution in [0.5, 0.6) is 0 Å². The number of carbonyl (C=O) groups excluding carboxylic acids is 2. The minimum atomic E-state index is -0.981. The number of thiophene rings is 1. The van der Waals surface area contributed by atoms with Crippen molar-refractivity contribution in [2.24, 2.45) is 5.41 Å². The number of carboxylic acid groups (broad SMARTS) is 2. The van der Waals surface area contributed by atoms with Crippen LogP contribution in [0.1, 0.15) is 111 Å². The van der Waals surface area contributed by atoms with Crippen molar-refractivity contribution < 1.29 is 29.4 Å². The number of aryl methyl sites for hydroxylation is 3. The maximum atomic E-state index is 13.9. The number of carbonyl (C=O) groups is 4. The fraction of sp³-hybridized carbons (Fsp3) is 0.409. The van der Waals surface area contributed by atoms with Crippen LogP contribution in [-0.4, -0.2) is 51.5 Å². The first-order valence-electron chi connectivity index (χ1n) is 19.0. The van der Waals surface area contributed by atoms with E-state index in [1.54, 1.807) is 42.2 Å². The first-order valence-corrected chi connectivity index (χ1v) is 19.8. The number of aliphatic carboxylic acids is 1. The molecule has 0 saturated heterocycles. The molecule has 0 fully saturated rings. The van der Waals surface area contributed by atoms with Gasteiger partial charge in [-0.05, 0) is 145 Å². The van der Waals surface area contributed by atoms with Crippen molar-refractivity contribution in [3.8, 4) is 0 Å². The molecule has 0 aliphatic heterocycles. The standard InChI is InChI=1S/C44H53N3O6S/c1-6-36(45-34-22-18-30(19-23-34)15-14-29-16-20-32(21-17-29)42(50)51)39-35-12-7-8-13-37(35)54-41(39)46-40(49)33-11-9-10-31(26-33)27-47(28(2)3)38(48)24-25-44(4,5)43(52)53/h6,11,16-23,26,28,45H,7-10,12-15,24-25,27H2,1-5H3,(H,46,49)(H,50,51)(H,52,53). The molecule has 2 aromatic carbocycles. The number of aromatic carboxylic acids is 1. The monoisotopic (exact) mass is 751 g/mol. The number of hydrogen-bond donors (Lipinski definition) is 4. The van der Waals surface area contributed by atoms with Crippen LogP contribution in [0.2, 0.25) is 0 Å². The summed E-state index contributed by atoms with van der Waals surface area (Å²) in [7, 11) is 0. The molecule has 9 nitrogen and oxygen atoms in total. The molecule has 5 rings (SSSR count). The first kappa shape index (κ1) is 40.2. The maximum absolute atomic E-state index is 13.9. The maximum Gasteiger partial charge on any atom is 0.335 e. The fourth-order valence-corrected chi connectivity index (χ4v) is 8.20. The number of nitrogens with zero attached hydrogens (tertiary/aromatic N) is 1. The third kappa shape index (κ3) is 10.2. The van der Waals surface area contributed by atoms with E-state index in [1.807, 2.05) is 45.1 Å². The molecule has 1 aromatic heterocycles. The largest absolute Gasteiger partial charge is 0.481 e. The Morgan fingerprint density at radius 2 is 1.56 bits per heavy atom. The van der Waals surface area contributed by atoms with E-state index in [9.17, 15) is 24.3 Å². The van der Waals surface area contributed by atoms with Crippen LogP contribution in [0, 0.1) is 5.41 Å². The zero-order valence-corrected chi connectivity index (χ0v) is 32.9. The van der Waals surface area contributed by atoms with E-state index in [2.05, 4.69) is 41.0 Å². The quantitative estimate of drug-likeness (QED) is 0.115. The number of fused-ring (bicyclic) bond motifs is 1. The van der Waals surface area contributed by atoms with Crippen molar-refractivity contribution in [3.05, 3.63) is 111 Å². The number of amides is 2. The van der Waals surface area contributed by atoms with E-state index < -0.39 is 17.4 Å². The second-order valence-electron chi connectivity index (χ2n) is 15.2. The first-order chi connectivity index (χ1) is 25.7. The normalized spacial score (nSPS) is 14.5. The van der Waals surface area contributed by atoms with E-state index in [-0.39, 0.29) is 36.3 Å². The summed E-state index contributed by atoms with van der Waals surface area (Å²) < 4.78 is 0. The number of anilines is 2. The van der Waals surface area contributed by atoms with Gasteiger partial charge in [0.2, 0.25) is 5.91 Å². The molecule has 0 radical (unpaired) electrons. The van der Waals surface area contributed by atoms with Gasteiger partial charge >= 0.3 is 11.9 Å². The summed E-state index contributed by atoms with van der Waals surface area (Å²) in [4.78, 5) is 53.0. The lowest BCUT2D eigenvalue weighted by molar-refractivity contribution is -0.147. The highest BCUT2D eigenvalue weighted by Crippen LogP contribution is 2.42. The average Bonchev–Trinajstić information content (AvgIpc) is 3.52. The molecular weight excluding hydrogens is 699 g/mol. The molecule has 54 heavy (non-hydrogen) atoms. The highest BCUT2D eigenvalue weighted by atomic mass is 32.1. The third-order valence-corrected chi connectivity index (χ3v) is 11.6. The molecule has 0 spiro atoms. The van der Waals surface area contributed by atoms with Crippen LogP contribution < -0.4 is 10.6 Å². The van der Waals surface area contributed by atoms with Gasteiger partial charge in [0.25, 0.3) is 5.91 Å². The smallest absolute Gasteiger partial charge is 0.335 e. The number of benzene rings is 2. The summed E-state index contributed by atoms with van der Waals surface area (Å²) in [5.74, 6) is -2.09. The Hall–Kier alpha value is -4.96. The van der Waals surface area contributed by atoms with E-state index in [4.69, 9.17) is 5.11 Å². The summed E-state index contributed by atoms with van der Waals surface area (Å²) >= 11 is 1.66. The average molecular weight is 752 g/mol. The van der Waals surface area contributed by atoms with Gasteiger partial charge in [-0.15, -0.1) is 11.3 Å². The van der Waals surface area contributed by atoms with Crippen molar-refractivity contribution in [1.29, 1.82) is 0 Å². The Labute approximate surface area is 322 Å². The van der Waals surface area contributed by atoms with Crippen LogP contribution >= 0.6 is 11.3 Å². The lowest BCUT2D eigenvalue weighted by atomic mass is 9.87. The van der Waals surface area contributed by atoms with E-state index >= 15 is 0 Å². The molecule has 0 atom stereocenters. The second kappa shape index (κ2) is 17.9. The fourth-order valence-electron chi connectivity index (χ4n) is 6.90. The van der Waals surface area contributed by atoms with Gasteiger partial charge in [0.15, 0.2) is 0 Å². The van der Waals surface area contributed by atoms with Gasteiger partial charge in [0.05, 0.1) is 11.0 Å². The molecule has 4 N–H and O–H groups in total. The Morgan fingerprint density at radius 3 is 2.17 bits per heavy atom. The number of carboxylic acids is 2. The summed E-state index contributed by atoms with van der Waals surface area (Å²) in [5, 5.41) is 26.4. The van der Waals surface area contributed by atoms with Crippen LogP contribution in [0.15, 0.2) is 77.9 Å². The van der Waals surface area contributed by atoms with Gasteiger partial charge in [-0.3, -0.25) is 14.4 Å². The highest BCUT2D eigenvalue weighted by Gasteiger charge is 2.30. The third-order valence-electron chi connectivity index (χ3n) is 10.4. The Balaban J connectivity index is 1.27. The van der Waals surface area contributed by atoms with Gasteiger partial charge in [0.1, 0.15) is 5.00 Å². The van der Waals surface area contributed by atoms with Crippen molar-refractivity contribution >= 4 is 51.5 Å². The second-order valence-corrected chi connectivity index (χ2v) is 16.3. The molecule has 2 aliphatic rings. The van der Waals surface area contributed by atoms with Crippen molar-refractivity contribution in [2.75, 3.05) is 17.2 Å². The van der Waals surface area contributed by atoms with Gasteiger partial charge < -0.3 is 25.7 Å². The molecular formula is C44H53N3O6S. The van der Waals surface area contributed by atoms with Crippen LogP contribution in [-0.2, 0) is 40.1 Å². The summed E-state index contributed by atoms with van der Waals surface area (Å²) in [6.07, 6.45) is 13.6. The molecule has 0 bridgehead atoms. The summed E-state index contributed by atoms with van der Waals surface area (Å²) in [6.45, 7) is 9.61. The minimum Gasteiger partial charge on any atom is -0.481 e. The minimum absolute atomic E-state index is 0.0672.